The van der Waals surface area contributed by atoms with Gasteiger partial charge < -0.3 is 16.8 Å². The quantitative estimate of drug-likeness (QED) is 0.770. The fraction of sp³-hybridized carbons (Fsp3) is 0.0625. The Morgan fingerprint density at radius 1 is 1.00 bits per heavy atom. The smallest absolute Gasteiger partial charge is 0.249 e. The highest BCUT2D eigenvalue weighted by molar-refractivity contribution is 5.95. The third-order valence-electron chi connectivity index (χ3n) is 3.58. The minimum Gasteiger partial charge on any atom is -0.366 e. The van der Waals surface area contributed by atoms with Crippen LogP contribution in [0, 0.1) is 0 Å². The third-order valence-corrected chi connectivity index (χ3v) is 3.58. The first kappa shape index (κ1) is 12.4. The molecule has 0 saturated carbocycles. The molecule has 0 radical (unpaired) electrons. The lowest BCUT2D eigenvalue weighted by Gasteiger charge is -2.36. The molecule has 1 unspecified atom stereocenters. The monoisotopic (exact) mass is 265 g/mol. The highest BCUT2D eigenvalue weighted by Gasteiger charge is 2.34. The average molecular weight is 265 g/mol. The lowest BCUT2D eigenvalue weighted by molar-refractivity contribution is 0.0998. The molecule has 0 aromatic heterocycles. The number of carbonyl (C=O) groups is 1. The summed E-state index contributed by atoms with van der Waals surface area (Å²) >= 11 is 0. The molecule has 0 spiro atoms. The second-order valence-electron chi connectivity index (χ2n) is 4.78. The van der Waals surface area contributed by atoms with Gasteiger partial charge in [0.1, 0.15) is 5.66 Å². The van der Waals surface area contributed by atoms with Crippen molar-refractivity contribution in [3.05, 3.63) is 77.0 Å². The molecule has 100 valence electrons. The summed E-state index contributed by atoms with van der Waals surface area (Å²) in [6, 6.07) is 14.9. The fourth-order valence-electron chi connectivity index (χ4n) is 2.61. The molecule has 20 heavy (non-hydrogen) atoms. The second-order valence-corrected chi connectivity index (χ2v) is 4.78. The number of carbonyl (C=O) groups excluding carboxylic acids is 1. The van der Waals surface area contributed by atoms with Crippen molar-refractivity contribution in [2.45, 2.75) is 5.66 Å². The van der Waals surface area contributed by atoms with Gasteiger partial charge in [0.25, 0.3) is 0 Å². The average Bonchev–Trinajstić information content (AvgIpc) is 2.48. The van der Waals surface area contributed by atoms with E-state index in [1.165, 1.54) is 0 Å². The lowest BCUT2D eigenvalue weighted by atomic mass is 9.84. The van der Waals surface area contributed by atoms with E-state index in [4.69, 9.17) is 11.5 Å². The number of benzene rings is 2. The zero-order chi connectivity index (χ0) is 14.2. The zero-order valence-electron chi connectivity index (χ0n) is 10.8. The molecule has 1 amide bonds. The van der Waals surface area contributed by atoms with Crippen LogP contribution >= 0.6 is 0 Å². The van der Waals surface area contributed by atoms with E-state index in [1.807, 2.05) is 42.5 Å². The topological polar surface area (TPSA) is 81.1 Å². The van der Waals surface area contributed by atoms with Gasteiger partial charge in [-0.3, -0.25) is 4.79 Å². The molecule has 5 N–H and O–H groups in total. The van der Waals surface area contributed by atoms with Crippen LogP contribution in [0.25, 0.3) is 6.08 Å². The Labute approximate surface area is 117 Å². The predicted octanol–water partition coefficient (Wildman–Crippen LogP) is 1.52. The maximum atomic E-state index is 11.6. The lowest BCUT2D eigenvalue weighted by Crippen LogP contribution is -2.51. The van der Waals surface area contributed by atoms with Gasteiger partial charge in [-0.25, -0.2) is 0 Å². The van der Waals surface area contributed by atoms with Gasteiger partial charge in [0.2, 0.25) is 5.91 Å². The van der Waals surface area contributed by atoms with Crippen molar-refractivity contribution in [2.75, 3.05) is 0 Å². The number of fused-ring (bicyclic) bond motifs is 1. The normalized spacial score (nSPS) is 20.1. The van der Waals surface area contributed by atoms with Crippen LogP contribution in [0.4, 0.5) is 0 Å². The summed E-state index contributed by atoms with van der Waals surface area (Å²) in [6.45, 7) is 0. The van der Waals surface area contributed by atoms with Crippen molar-refractivity contribution in [3.8, 4) is 0 Å². The van der Waals surface area contributed by atoms with Crippen LogP contribution < -0.4 is 16.8 Å². The van der Waals surface area contributed by atoms with Gasteiger partial charge in [0.15, 0.2) is 0 Å². The van der Waals surface area contributed by atoms with E-state index in [0.29, 0.717) is 11.1 Å². The summed E-state index contributed by atoms with van der Waals surface area (Å²) in [5, 5.41) is 3.15. The summed E-state index contributed by atoms with van der Waals surface area (Å²) in [6.07, 6.45) is 3.74. The Balaban J connectivity index is 2.24. The van der Waals surface area contributed by atoms with E-state index in [1.54, 1.807) is 18.3 Å². The molecule has 2 aromatic rings. The molecule has 0 aliphatic carbocycles. The van der Waals surface area contributed by atoms with Gasteiger partial charge in [0, 0.05) is 16.7 Å². The SMILES string of the molecule is NC(=O)c1ccccc1C1(N)NC=Cc2ccccc21. The minimum absolute atomic E-state index is 0.424. The van der Waals surface area contributed by atoms with E-state index in [9.17, 15) is 4.79 Å². The molecular weight excluding hydrogens is 250 g/mol. The maximum absolute atomic E-state index is 11.6. The molecule has 0 saturated heterocycles. The van der Waals surface area contributed by atoms with E-state index in [-0.39, 0.29) is 0 Å². The molecule has 4 heteroatoms. The maximum Gasteiger partial charge on any atom is 0.249 e. The molecule has 2 aromatic carbocycles. The van der Waals surface area contributed by atoms with Crippen LogP contribution in [0.15, 0.2) is 54.7 Å². The first-order chi connectivity index (χ1) is 9.63. The number of nitrogens with one attached hydrogen (secondary N) is 1. The molecule has 4 nitrogen and oxygen atoms in total. The summed E-state index contributed by atoms with van der Waals surface area (Å²) in [7, 11) is 0. The largest absolute Gasteiger partial charge is 0.366 e. The van der Waals surface area contributed by atoms with Crippen LogP contribution in [0.5, 0.6) is 0 Å². The molecule has 1 aliphatic heterocycles. The van der Waals surface area contributed by atoms with Crippen LogP contribution in [-0.4, -0.2) is 5.91 Å². The number of hydrogen-bond donors (Lipinski definition) is 3. The first-order valence-corrected chi connectivity index (χ1v) is 6.35. The number of amides is 1. The number of rotatable bonds is 2. The standard InChI is InChI=1S/C16H15N3O/c17-15(20)12-6-2-4-8-14(12)16(18)13-7-3-1-5-11(13)9-10-19-16/h1-10,19H,18H2,(H2,17,20). The first-order valence-electron chi connectivity index (χ1n) is 6.35. The molecule has 1 atom stereocenters. The predicted molar refractivity (Wildman–Crippen MR) is 78.5 cm³/mol. The Hall–Kier alpha value is -2.59. The fourth-order valence-corrected chi connectivity index (χ4v) is 2.61. The minimum atomic E-state index is -0.961. The van der Waals surface area contributed by atoms with Crippen LogP contribution in [0.1, 0.15) is 27.0 Å². The molecule has 1 heterocycles. The third kappa shape index (κ3) is 1.78. The summed E-state index contributed by atoms with van der Waals surface area (Å²) in [4.78, 5) is 11.6. The van der Waals surface area contributed by atoms with Crippen molar-refractivity contribution >= 4 is 12.0 Å². The van der Waals surface area contributed by atoms with Crippen molar-refractivity contribution in [3.63, 3.8) is 0 Å². The molecule has 3 rings (SSSR count). The molecule has 0 fully saturated rings. The Kier molecular flexibility index (Phi) is 2.80. The van der Waals surface area contributed by atoms with Gasteiger partial charge in [-0.1, -0.05) is 42.5 Å². The molecule has 0 bridgehead atoms. The van der Waals surface area contributed by atoms with Gasteiger partial charge in [0.05, 0.1) is 0 Å². The van der Waals surface area contributed by atoms with E-state index in [0.717, 1.165) is 11.1 Å². The van der Waals surface area contributed by atoms with Crippen LogP contribution in [0.2, 0.25) is 0 Å². The zero-order valence-corrected chi connectivity index (χ0v) is 10.8. The van der Waals surface area contributed by atoms with Crippen molar-refractivity contribution < 1.29 is 4.79 Å². The Morgan fingerprint density at radius 3 is 2.40 bits per heavy atom. The van der Waals surface area contributed by atoms with Crippen LogP contribution in [0.3, 0.4) is 0 Å². The number of primary amides is 1. The Morgan fingerprint density at radius 2 is 1.65 bits per heavy atom. The number of hydrogen-bond acceptors (Lipinski definition) is 3. The summed E-state index contributed by atoms with van der Waals surface area (Å²) < 4.78 is 0. The van der Waals surface area contributed by atoms with Crippen LogP contribution in [-0.2, 0) is 5.66 Å². The van der Waals surface area contributed by atoms with Crippen molar-refractivity contribution in [1.82, 2.24) is 5.32 Å². The molecular formula is C16H15N3O. The highest BCUT2D eigenvalue weighted by atomic mass is 16.1. The van der Waals surface area contributed by atoms with Crippen molar-refractivity contribution in [2.24, 2.45) is 11.5 Å². The van der Waals surface area contributed by atoms with Crippen molar-refractivity contribution in [1.29, 1.82) is 0 Å². The summed E-state index contributed by atoms with van der Waals surface area (Å²) in [5.74, 6) is -0.487. The van der Waals surface area contributed by atoms with E-state index >= 15 is 0 Å². The highest BCUT2D eigenvalue weighted by Crippen LogP contribution is 2.32. The summed E-state index contributed by atoms with van der Waals surface area (Å²) in [5.41, 5.74) is 14.1. The van der Waals surface area contributed by atoms with Gasteiger partial charge in [-0.15, -0.1) is 0 Å². The van der Waals surface area contributed by atoms with Gasteiger partial charge in [-0.05, 0) is 23.9 Å². The van der Waals surface area contributed by atoms with E-state index < -0.39 is 11.6 Å². The van der Waals surface area contributed by atoms with Gasteiger partial charge in [-0.2, -0.15) is 0 Å². The Bertz CT molecular complexity index is 708. The van der Waals surface area contributed by atoms with E-state index in [2.05, 4.69) is 5.32 Å². The number of nitrogens with two attached hydrogens (primary N) is 2. The molecule has 1 aliphatic rings. The van der Waals surface area contributed by atoms with Gasteiger partial charge >= 0.3 is 0 Å². The second kappa shape index (κ2) is 4.51.